The number of methoxy groups -OCH3 is 1. The van der Waals surface area contributed by atoms with Crippen LogP contribution in [0.5, 0.6) is 5.75 Å². The minimum Gasteiger partial charge on any atom is -0.497 e. The first kappa shape index (κ1) is 16.2. The lowest BCUT2D eigenvalue weighted by Crippen LogP contribution is -2.06. The lowest BCUT2D eigenvalue weighted by molar-refractivity contribution is 0.0689. The number of fused-ring (bicyclic) bond motifs is 1. The Balaban J connectivity index is 2.10. The quantitative estimate of drug-likeness (QED) is 0.766. The van der Waals surface area contributed by atoms with E-state index in [9.17, 15) is 4.79 Å². The zero-order valence-corrected chi connectivity index (χ0v) is 14.5. The van der Waals surface area contributed by atoms with Crippen LogP contribution in [0.3, 0.4) is 0 Å². The highest BCUT2D eigenvalue weighted by Gasteiger charge is 2.15. The summed E-state index contributed by atoms with van der Waals surface area (Å²) in [5.74, 6) is -0.302. The first-order chi connectivity index (χ1) is 11.4. The molecule has 24 heavy (non-hydrogen) atoms. The van der Waals surface area contributed by atoms with Crippen LogP contribution in [0.15, 0.2) is 24.8 Å². The van der Waals surface area contributed by atoms with Gasteiger partial charge in [-0.2, -0.15) is 5.10 Å². The smallest absolute Gasteiger partial charge is 0.356 e. The molecule has 124 valence electrons. The molecule has 0 atom stereocenters. The summed E-state index contributed by atoms with van der Waals surface area (Å²) >= 11 is 1.56. The van der Waals surface area contributed by atoms with E-state index in [-0.39, 0.29) is 5.69 Å². The van der Waals surface area contributed by atoms with Crippen molar-refractivity contribution in [2.24, 2.45) is 0 Å². The summed E-state index contributed by atoms with van der Waals surface area (Å²) in [7, 11) is 1.62. The minimum atomic E-state index is -1.04. The van der Waals surface area contributed by atoms with Crippen molar-refractivity contribution in [1.82, 2.24) is 14.8 Å². The molecule has 3 rings (SSSR count). The van der Waals surface area contributed by atoms with Crippen molar-refractivity contribution in [3.63, 3.8) is 0 Å². The van der Waals surface area contributed by atoms with E-state index in [0.29, 0.717) is 6.54 Å². The molecule has 0 saturated heterocycles. The van der Waals surface area contributed by atoms with Crippen molar-refractivity contribution >= 4 is 33.1 Å². The van der Waals surface area contributed by atoms with Crippen LogP contribution < -0.4 is 4.74 Å². The standard InChI is InChI=1S/C17H17N3O3S/c1-9(2)16-18-15-11(6-12(23-4)7-14(15)24-16)8-20-10(3)5-13(19-20)17(21)22/h5-7H,1,8H2,2-4H3,(H,21,22). The maximum absolute atomic E-state index is 11.1. The fourth-order valence-corrected chi connectivity index (χ4v) is 3.40. The number of thiazole rings is 1. The lowest BCUT2D eigenvalue weighted by Gasteiger charge is -2.08. The van der Waals surface area contributed by atoms with E-state index in [1.165, 1.54) is 0 Å². The van der Waals surface area contributed by atoms with Crippen LogP contribution in [0.4, 0.5) is 0 Å². The second kappa shape index (κ2) is 6.09. The van der Waals surface area contributed by atoms with E-state index in [4.69, 9.17) is 9.84 Å². The molecular formula is C17H17N3O3S. The predicted octanol–water partition coefficient (Wildman–Crippen LogP) is 3.59. The van der Waals surface area contributed by atoms with E-state index < -0.39 is 5.97 Å². The van der Waals surface area contributed by atoms with E-state index in [1.54, 1.807) is 29.2 Å². The molecule has 3 aromatic rings. The molecule has 1 N–H and O–H groups in total. The number of rotatable bonds is 5. The van der Waals surface area contributed by atoms with Gasteiger partial charge >= 0.3 is 5.97 Å². The Hall–Kier alpha value is -2.67. The highest BCUT2D eigenvalue weighted by Crippen LogP contribution is 2.32. The number of carboxylic acids is 1. The van der Waals surface area contributed by atoms with Crippen LogP contribution in [0.2, 0.25) is 0 Å². The van der Waals surface area contributed by atoms with Gasteiger partial charge in [0.25, 0.3) is 0 Å². The maximum Gasteiger partial charge on any atom is 0.356 e. The van der Waals surface area contributed by atoms with Gasteiger partial charge in [-0.05, 0) is 37.6 Å². The van der Waals surface area contributed by atoms with Gasteiger partial charge in [0.05, 0.1) is 23.9 Å². The third-order valence-corrected chi connectivity index (χ3v) is 4.83. The monoisotopic (exact) mass is 343 g/mol. The van der Waals surface area contributed by atoms with Crippen LogP contribution in [0.1, 0.15) is 33.7 Å². The summed E-state index contributed by atoms with van der Waals surface area (Å²) in [6, 6.07) is 5.41. The third kappa shape index (κ3) is 2.90. The zero-order chi connectivity index (χ0) is 17.4. The SMILES string of the molecule is C=C(C)c1nc2c(Cn3nc(C(=O)O)cc3C)cc(OC)cc2s1. The summed E-state index contributed by atoms with van der Waals surface area (Å²) in [5.41, 5.74) is 3.51. The number of hydrogen-bond donors (Lipinski definition) is 1. The summed E-state index contributed by atoms with van der Waals surface area (Å²) in [5, 5.41) is 14.1. The van der Waals surface area contributed by atoms with Gasteiger partial charge in [-0.25, -0.2) is 9.78 Å². The average molecular weight is 343 g/mol. The maximum atomic E-state index is 11.1. The third-order valence-electron chi connectivity index (χ3n) is 3.67. The van der Waals surface area contributed by atoms with Crippen molar-refractivity contribution < 1.29 is 14.6 Å². The molecule has 0 aliphatic rings. The van der Waals surface area contributed by atoms with Crippen molar-refractivity contribution in [2.75, 3.05) is 7.11 Å². The number of carbonyl (C=O) groups is 1. The van der Waals surface area contributed by atoms with Crippen LogP contribution in [-0.4, -0.2) is 33.0 Å². The number of aryl methyl sites for hydroxylation is 1. The Bertz CT molecular complexity index is 956. The van der Waals surface area contributed by atoms with Gasteiger partial charge in [0.2, 0.25) is 0 Å². The molecule has 7 heteroatoms. The normalized spacial score (nSPS) is 11.0. The number of allylic oxidation sites excluding steroid dienone is 1. The second-order valence-corrected chi connectivity index (χ2v) is 6.60. The molecule has 0 aliphatic carbocycles. The van der Waals surface area contributed by atoms with E-state index in [0.717, 1.165) is 37.8 Å². The summed E-state index contributed by atoms with van der Waals surface area (Å²) in [6.07, 6.45) is 0. The van der Waals surface area contributed by atoms with E-state index in [1.807, 2.05) is 26.0 Å². The Labute approximate surface area is 143 Å². The van der Waals surface area contributed by atoms with Crippen LogP contribution in [0, 0.1) is 6.92 Å². The minimum absolute atomic E-state index is 0.0348. The summed E-state index contributed by atoms with van der Waals surface area (Å²) in [6.45, 7) is 8.12. The first-order valence-corrected chi connectivity index (χ1v) is 8.11. The van der Waals surface area contributed by atoms with Crippen molar-refractivity contribution in [3.05, 3.63) is 46.7 Å². The number of nitrogens with zero attached hydrogens (tertiary/aromatic N) is 3. The Kier molecular flexibility index (Phi) is 4.11. The lowest BCUT2D eigenvalue weighted by atomic mass is 10.2. The molecule has 0 fully saturated rings. The number of hydrogen-bond acceptors (Lipinski definition) is 5. The first-order valence-electron chi connectivity index (χ1n) is 7.30. The molecular weight excluding hydrogens is 326 g/mol. The molecule has 0 unspecified atom stereocenters. The van der Waals surface area contributed by atoms with E-state index in [2.05, 4.69) is 16.7 Å². The fraction of sp³-hybridized carbons (Fsp3) is 0.235. The molecule has 0 bridgehead atoms. The fourth-order valence-electron chi connectivity index (χ4n) is 2.43. The second-order valence-electron chi connectivity index (χ2n) is 5.57. The van der Waals surface area contributed by atoms with Crippen LogP contribution in [-0.2, 0) is 6.54 Å². The van der Waals surface area contributed by atoms with Crippen LogP contribution in [0.25, 0.3) is 15.8 Å². The number of benzene rings is 1. The highest BCUT2D eigenvalue weighted by atomic mass is 32.1. The summed E-state index contributed by atoms with van der Waals surface area (Å²) in [4.78, 5) is 15.8. The van der Waals surface area contributed by atoms with Gasteiger partial charge in [-0.1, -0.05) is 6.58 Å². The summed E-state index contributed by atoms with van der Waals surface area (Å²) < 4.78 is 8.05. The number of ether oxygens (including phenoxy) is 1. The highest BCUT2D eigenvalue weighted by molar-refractivity contribution is 7.19. The molecule has 0 aliphatic heterocycles. The topological polar surface area (TPSA) is 77.2 Å². The van der Waals surface area contributed by atoms with Crippen LogP contribution >= 0.6 is 11.3 Å². The number of aromatic nitrogens is 3. The Morgan fingerprint density at radius 1 is 1.42 bits per heavy atom. The van der Waals surface area contributed by atoms with Crippen molar-refractivity contribution in [1.29, 1.82) is 0 Å². The molecule has 0 saturated carbocycles. The zero-order valence-electron chi connectivity index (χ0n) is 13.7. The van der Waals surface area contributed by atoms with Gasteiger partial charge in [-0.3, -0.25) is 4.68 Å². The molecule has 0 amide bonds. The molecule has 0 spiro atoms. The average Bonchev–Trinajstić information content (AvgIpc) is 3.11. The molecule has 6 nitrogen and oxygen atoms in total. The van der Waals surface area contributed by atoms with Gasteiger partial charge in [0.1, 0.15) is 10.8 Å². The largest absolute Gasteiger partial charge is 0.497 e. The molecule has 0 radical (unpaired) electrons. The Morgan fingerprint density at radius 2 is 2.17 bits per heavy atom. The van der Waals surface area contributed by atoms with E-state index >= 15 is 0 Å². The Morgan fingerprint density at radius 3 is 2.75 bits per heavy atom. The van der Waals surface area contributed by atoms with Gasteiger partial charge < -0.3 is 9.84 Å². The van der Waals surface area contributed by atoms with Gasteiger partial charge in [0.15, 0.2) is 5.69 Å². The molecule has 2 heterocycles. The predicted molar refractivity (Wildman–Crippen MR) is 93.9 cm³/mol. The van der Waals surface area contributed by atoms with Gasteiger partial charge in [0, 0.05) is 11.3 Å². The van der Waals surface area contributed by atoms with Crippen molar-refractivity contribution in [3.8, 4) is 5.75 Å². The van der Waals surface area contributed by atoms with Gasteiger partial charge in [-0.15, -0.1) is 11.3 Å². The number of aromatic carboxylic acids is 1. The van der Waals surface area contributed by atoms with Crippen molar-refractivity contribution in [2.45, 2.75) is 20.4 Å². The number of carboxylic acid groups (broad SMARTS) is 1. The molecule has 2 aromatic heterocycles. The molecule has 1 aromatic carbocycles.